The minimum atomic E-state index is -0.0494. The van der Waals surface area contributed by atoms with E-state index in [-0.39, 0.29) is 12.1 Å². The highest BCUT2D eigenvalue weighted by atomic mass is 16.2. The van der Waals surface area contributed by atoms with Crippen LogP contribution in [-0.2, 0) is 13.6 Å². The Morgan fingerprint density at radius 3 is 2.78 bits per heavy atom. The van der Waals surface area contributed by atoms with Gasteiger partial charge in [0.2, 0.25) is 0 Å². The second kappa shape index (κ2) is 10.4. The maximum Gasteiger partial charge on any atom is 0.322 e. The Hall–Kier alpha value is -3.26. The van der Waals surface area contributed by atoms with E-state index in [0.29, 0.717) is 5.82 Å². The number of anilines is 1. The van der Waals surface area contributed by atoms with Gasteiger partial charge in [0.05, 0.1) is 0 Å². The molecule has 1 aliphatic rings. The second-order valence-electron chi connectivity index (χ2n) is 8.35. The number of likely N-dealkylation sites (tertiary alicyclic amines) is 1. The van der Waals surface area contributed by atoms with Gasteiger partial charge in [0.1, 0.15) is 0 Å². The summed E-state index contributed by atoms with van der Waals surface area (Å²) in [5, 5.41) is 14.8. The van der Waals surface area contributed by atoms with Crippen LogP contribution in [-0.4, -0.2) is 61.7 Å². The molecule has 1 saturated heterocycles. The predicted molar refractivity (Wildman–Crippen MR) is 125 cm³/mol. The van der Waals surface area contributed by atoms with E-state index >= 15 is 0 Å². The molecule has 2 aromatic carbocycles. The fourth-order valence-corrected chi connectivity index (χ4v) is 4.37. The van der Waals surface area contributed by atoms with E-state index in [2.05, 4.69) is 56.9 Å². The van der Waals surface area contributed by atoms with Crippen molar-refractivity contribution in [3.63, 3.8) is 0 Å². The van der Waals surface area contributed by atoms with Crippen LogP contribution in [0.1, 0.15) is 31.7 Å². The van der Waals surface area contributed by atoms with Crippen LogP contribution in [0.3, 0.4) is 0 Å². The van der Waals surface area contributed by atoms with Crippen molar-refractivity contribution in [1.29, 1.82) is 0 Å². The van der Waals surface area contributed by atoms with Gasteiger partial charge >= 0.3 is 6.03 Å². The molecule has 32 heavy (non-hydrogen) atoms. The average Bonchev–Trinajstić information content (AvgIpc) is 3.24. The second-order valence-corrected chi connectivity index (χ2v) is 8.35. The van der Waals surface area contributed by atoms with Crippen LogP contribution >= 0.6 is 0 Å². The standard InChI is InChI=1S/C24H31N7O/c1-3-14-31(22-13-8-15-30(18-22)17-19-9-5-4-6-10-19)24(32)25-21-12-7-11-20(16-21)23-26-27-28-29(23)2/h4-7,9-12,16,22H,3,8,13-15,17-18H2,1-2H3,(H,25,32)/t22-/m1/s1. The molecule has 0 unspecified atom stereocenters. The number of carbonyl (C=O) groups is 1. The number of aromatic nitrogens is 4. The van der Waals surface area contributed by atoms with E-state index in [1.807, 2.05) is 35.2 Å². The maximum atomic E-state index is 13.3. The van der Waals surface area contributed by atoms with Gasteiger partial charge in [-0.2, -0.15) is 0 Å². The van der Waals surface area contributed by atoms with Crippen LogP contribution in [0.4, 0.5) is 10.5 Å². The number of nitrogens with one attached hydrogen (secondary N) is 1. The number of aryl methyl sites for hydroxylation is 1. The third-order valence-electron chi connectivity index (χ3n) is 5.89. The van der Waals surface area contributed by atoms with Gasteiger partial charge in [-0.25, -0.2) is 9.48 Å². The number of piperidine rings is 1. The van der Waals surface area contributed by atoms with Gasteiger partial charge in [-0.3, -0.25) is 4.90 Å². The van der Waals surface area contributed by atoms with Gasteiger partial charge < -0.3 is 10.2 Å². The molecule has 1 aromatic heterocycles. The lowest BCUT2D eigenvalue weighted by atomic mass is 10.0. The zero-order valence-corrected chi connectivity index (χ0v) is 18.8. The SMILES string of the molecule is CCCN(C(=O)Nc1cccc(-c2nnnn2C)c1)[C@@H]1CCCN(Cc2ccccc2)C1. The van der Waals surface area contributed by atoms with E-state index < -0.39 is 0 Å². The Morgan fingerprint density at radius 2 is 2.03 bits per heavy atom. The first-order chi connectivity index (χ1) is 15.6. The molecule has 1 N–H and O–H groups in total. The highest BCUT2D eigenvalue weighted by Crippen LogP contribution is 2.22. The molecule has 0 radical (unpaired) electrons. The zero-order valence-electron chi connectivity index (χ0n) is 18.8. The van der Waals surface area contributed by atoms with Crippen molar-refractivity contribution in [2.75, 3.05) is 25.0 Å². The van der Waals surface area contributed by atoms with Crippen LogP contribution in [0.15, 0.2) is 54.6 Å². The predicted octanol–water partition coefficient (Wildman–Crippen LogP) is 3.79. The lowest BCUT2D eigenvalue weighted by Gasteiger charge is -2.39. The number of rotatable bonds is 7. The van der Waals surface area contributed by atoms with Gasteiger partial charge in [0.15, 0.2) is 5.82 Å². The third-order valence-corrected chi connectivity index (χ3v) is 5.89. The van der Waals surface area contributed by atoms with E-state index in [1.54, 1.807) is 11.7 Å². The molecule has 1 atom stereocenters. The van der Waals surface area contributed by atoms with Crippen molar-refractivity contribution in [2.24, 2.45) is 7.05 Å². The Balaban J connectivity index is 1.44. The van der Waals surface area contributed by atoms with Crippen LogP contribution in [0, 0.1) is 0 Å². The first kappa shape index (κ1) is 22.0. The number of amides is 2. The molecular formula is C24H31N7O. The number of hydrogen-bond acceptors (Lipinski definition) is 5. The van der Waals surface area contributed by atoms with Crippen LogP contribution < -0.4 is 5.32 Å². The van der Waals surface area contributed by atoms with Crippen LogP contribution in [0.25, 0.3) is 11.4 Å². The topological polar surface area (TPSA) is 79.2 Å². The molecule has 3 aromatic rings. The van der Waals surface area contributed by atoms with Gasteiger partial charge in [-0.1, -0.05) is 49.4 Å². The molecule has 0 aliphatic carbocycles. The lowest BCUT2D eigenvalue weighted by Crippen LogP contribution is -2.51. The smallest absolute Gasteiger partial charge is 0.320 e. The molecule has 2 heterocycles. The fraction of sp³-hybridized carbons (Fsp3) is 0.417. The molecule has 0 bridgehead atoms. The maximum absolute atomic E-state index is 13.3. The first-order valence-electron chi connectivity index (χ1n) is 11.3. The molecule has 1 aliphatic heterocycles. The number of carbonyl (C=O) groups excluding carboxylic acids is 1. The summed E-state index contributed by atoms with van der Waals surface area (Å²) in [6.45, 7) is 5.75. The summed E-state index contributed by atoms with van der Waals surface area (Å²) in [5.74, 6) is 0.662. The van der Waals surface area contributed by atoms with Gasteiger partial charge in [0.25, 0.3) is 0 Å². The van der Waals surface area contributed by atoms with E-state index in [0.717, 1.165) is 56.7 Å². The van der Waals surface area contributed by atoms with Crippen molar-refractivity contribution in [1.82, 2.24) is 30.0 Å². The largest absolute Gasteiger partial charge is 0.322 e. The summed E-state index contributed by atoms with van der Waals surface area (Å²) >= 11 is 0. The average molecular weight is 434 g/mol. The molecule has 4 rings (SSSR count). The number of benzene rings is 2. The summed E-state index contributed by atoms with van der Waals surface area (Å²) in [6, 6.07) is 18.4. The zero-order chi connectivity index (χ0) is 22.3. The molecular weight excluding hydrogens is 402 g/mol. The van der Waals surface area contributed by atoms with Crippen molar-refractivity contribution >= 4 is 11.7 Å². The highest BCUT2D eigenvalue weighted by molar-refractivity contribution is 5.90. The summed E-state index contributed by atoms with van der Waals surface area (Å²) in [6.07, 6.45) is 3.05. The minimum absolute atomic E-state index is 0.0494. The fourth-order valence-electron chi connectivity index (χ4n) is 4.37. The first-order valence-corrected chi connectivity index (χ1v) is 11.3. The Morgan fingerprint density at radius 1 is 1.19 bits per heavy atom. The minimum Gasteiger partial charge on any atom is -0.320 e. The third kappa shape index (κ3) is 5.31. The summed E-state index contributed by atoms with van der Waals surface area (Å²) < 4.78 is 1.62. The molecule has 8 heteroatoms. The number of nitrogens with zero attached hydrogens (tertiary/aromatic N) is 6. The van der Waals surface area contributed by atoms with Gasteiger partial charge in [0, 0.05) is 44.0 Å². The monoisotopic (exact) mass is 433 g/mol. The van der Waals surface area contributed by atoms with E-state index in [4.69, 9.17) is 0 Å². The Kier molecular flexibility index (Phi) is 7.11. The molecule has 168 valence electrons. The quantitative estimate of drug-likeness (QED) is 0.613. The number of tetrazole rings is 1. The van der Waals surface area contributed by atoms with E-state index in [9.17, 15) is 4.79 Å². The Bertz CT molecular complexity index is 1020. The molecule has 2 amide bonds. The Labute approximate surface area is 189 Å². The van der Waals surface area contributed by atoms with Crippen LogP contribution in [0.2, 0.25) is 0 Å². The normalized spacial score (nSPS) is 16.6. The van der Waals surface area contributed by atoms with E-state index in [1.165, 1.54) is 5.56 Å². The highest BCUT2D eigenvalue weighted by Gasteiger charge is 2.28. The van der Waals surface area contributed by atoms with Gasteiger partial charge in [-0.15, -0.1) is 5.10 Å². The number of hydrogen-bond donors (Lipinski definition) is 1. The lowest BCUT2D eigenvalue weighted by molar-refractivity contribution is 0.113. The van der Waals surface area contributed by atoms with Crippen molar-refractivity contribution in [3.8, 4) is 11.4 Å². The van der Waals surface area contributed by atoms with Crippen molar-refractivity contribution in [2.45, 2.75) is 38.8 Å². The van der Waals surface area contributed by atoms with Crippen molar-refractivity contribution in [3.05, 3.63) is 60.2 Å². The molecule has 0 spiro atoms. The van der Waals surface area contributed by atoms with Crippen LogP contribution in [0.5, 0.6) is 0 Å². The summed E-state index contributed by atoms with van der Waals surface area (Å²) in [7, 11) is 1.80. The molecule has 1 fully saturated rings. The molecule has 8 nitrogen and oxygen atoms in total. The number of urea groups is 1. The van der Waals surface area contributed by atoms with Gasteiger partial charge in [-0.05, 0) is 53.9 Å². The summed E-state index contributed by atoms with van der Waals surface area (Å²) in [5.41, 5.74) is 2.92. The van der Waals surface area contributed by atoms with Crippen molar-refractivity contribution < 1.29 is 4.79 Å². The summed E-state index contributed by atoms with van der Waals surface area (Å²) in [4.78, 5) is 17.7. The molecule has 0 saturated carbocycles.